The summed E-state index contributed by atoms with van der Waals surface area (Å²) in [5.74, 6) is -0.0480. The summed E-state index contributed by atoms with van der Waals surface area (Å²) in [6.07, 6.45) is 6.63. The lowest BCUT2D eigenvalue weighted by molar-refractivity contribution is -0.137. The lowest BCUT2D eigenvalue weighted by Gasteiger charge is -2.32. The molecule has 5 nitrogen and oxygen atoms in total. The molecule has 0 radical (unpaired) electrons. The zero-order valence-electron chi connectivity index (χ0n) is 13.2. The van der Waals surface area contributed by atoms with Crippen molar-refractivity contribution >= 4 is 12.0 Å². The molecule has 2 aliphatic rings. The molecule has 0 aromatic heterocycles. The van der Waals surface area contributed by atoms with E-state index in [-0.39, 0.29) is 18.5 Å². The van der Waals surface area contributed by atoms with Crippen LogP contribution in [0.5, 0.6) is 0 Å². The zero-order chi connectivity index (χ0) is 15.4. The summed E-state index contributed by atoms with van der Waals surface area (Å²) < 4.78 is 0. The Labute approximate surface area is 127 Å². The van der Waals surface area contributed by atoms with E-state index in [0.717, 1.165) is 32.2 Å². The summed E-state index contributed by atoms with van der Waals surface area (Å²) in [4.78, 5) is 25.5. The highest BCUT2D eigenvalue weighted by molar-refractivity contribution is 5.76. The monoisotopic (exact) mass is 296 g/mol. The Bertz CT molecular complexity index is 374. The molecule has 0 aliphatic heterocycles. The molecule has 0 saturated heterocycles. The normalized spacial score (nSPS) is 20.5. The highest BCUT2D eigenvalue weighted by Crippen LogP contribution is 2.34. The van der Waals surface area contributed by atoms with Crippen molar-refractivity contribution in [3.8, 4) is 0 Å². The summed E-state index contributed by atoms with van der Waals surface area (Å²) in [5.41, 5.74) is 0. The van der Waals surface area contributed by atoms with Gasteiger partial charge in [0.05, 0.1) is 6.42 Å². The first-order valence-corrected chi connectivity index (χ1v) is 8.26. The number of urea groups is 1. The lowest BCUT2D eigenvalue weighted by Crippen LogP contribution is -2.50. The molecule has 2 aliphatic carbocycles. The van der Waals surface area contributed by atoms with E-state index in [1.165, 1.54) is 12.8 Å². The number of nitrogens with zero attached hydrogens (tertiary/aromatic N) is 1. The molecule has 1 atom stereocenters. The van der Waals surface area contributed by atoms with Crippen LogP contribution in [-0.2, 0) is 4.79 Å². The number of nitrogens with one attached hydrogen (secondary N) is 1. The minimum absolute atomic E-state index is 0.0383. The first-order chi connectivity index (χ1) is 9.97. The quantitative estimate of drug-likeness (QED) is 0.759. The van der Waals surface area contributed by atoms with Gasteiger partial charge in [-0.15, -0.1) is 0 Å². The Balaban J connectivity index is 1.96. The second kappa shape index (κ2) is 7.14. The zero-order valence-corrected chi connectivity index (χ0v) is 13.2. The molecule has 2 amide bonds. The number of carbonyl (C=O) groups is 2. The van der Waals surface area contributed by atoms with Crippen LogP contribution in [-0.4, -0.2) is 40.6 Å². The Morgan fingerprint density at radius 2 is 1.81 bits per heavy atom. The molecule has 0 aromatic rings. The molecule has 0 heterocycles. The van der Waals surface area contributed by atoms with Gasteiger partial charge in [0.25, 0.3) is 0 Å². The van der Waals surface area contributed by atoms with Gasteiger partial charge in [-0.3, -0.25) is 4.79 Å². The molecule has 0 aromatic carbocycles. The van der Waals surface area contributed by atoms with Crippen LogP contribution in [0.2, 0.25) is 0 Å². The molecule has 21 heavy (non-hydrogen) atoms. The van der Waals surface area contributed by atoms with E-state index in [2.05, 4.69) is 19.2 Å². The van der Waals surface area contributed by atoms with E-state index in [1.807, 2.05) is 4.90 Å². The van der Waals surface area contributed by atoms with E-state index >= 15 is 0 Å². The minimum Gasteiger partial charge on any atom is -0.481 e. The van der Waals surface area contributed by atoms with Crippen molar-refractivity contribution in [2.75, 3.05) is 6.54 Å². The second-order valence-electron chi connectivity index (χ2n) is 6.98. The number of hydrogen-bond donors (Lipinski definition) is 2. The van der Waals surface area contributed by atoms with Crippen LogP contribution >= 0.6 is 0 Å². The van der Waals surface area contributed by atoms with Crippen molar-refractivity contribution in [3.63, 3.8) is 0 Å². The van der Waals surface area contributed by atoms with Gasteiger partial charge in [0.2, 0.25) is 0 Å². The predicted octanol–water partition coefficient (Wildman–Crippen LogP) is 2.85. The summed E-state index contributed by atoms with van der Waals surface area (Å²) in [6, 6.07) is 0.0666. The third-order valence-corrected chi connectivity index (χ3v) is 4.48. The van der Waals surface area contributed by atoms with Crippen LogP contribution in [0.4, 0.5) is 4.79 Å². The summed E-state index contributed by atoms with van der Waals surface area (Å²) in [7, 11) is 0. The van der Waals surface area contributed by atoms with Gasteiger partial charge in [-0.25, -0.2) is 4.79 Å². The Kier molecular flexibility index (Phi) is 5.48. The van der Waals surface area contributed by atoms with E-state index in [0.29, 0.717) is 17.9 Å². The Hall–Kier alpha value is -1.26. The van der Waals surface area contributed by atoms with E-state index in [4.69, 9.17) is 5.11 Å². The lowest BCUT2D eigenvalue weighted by atomic mass is 10.1. The van der Waals surface area contributed by atoms with Crippen LogP contribution in [0, 0.1) is 11.8 Å². The summed E-state index contributed by atoms with van der Waals surface area (Å²) >= 11 is 0. The van der Waals surface area contributed by atoms with Gasteiger partial charge in [-0.2, -0.15) is 0 Å². The number of hydrogen-bond acceptors (Lipinski definition) is 2. The van der Waals surface area contributed by atoms with Crippen LogP contribution in [0.3, 0.4) is 0 Å². The van der Waals surface area contributed by atoms with Crippen molar-refractivity contribution in [2.45, 2.75) is 70.9 Å². The number of rotatable bonds is 7. The van der Waals surface area contributed by atoms with Gasteiger partial charge in [-0.05, 0) is 37.5 Å². The highest BCUT2D eigenvalue weighted by Gasteiger charge is 2.36. The highest BCUT2D eigenvalue weighted by atomic mass is 16.4. The molecule has 120 valence electrons. The van der Waals surface area contributed by atoms with Crippen LogP contribution in [0.1, 0.15) is 58.8 Å². The third kappa shape index (κ3) is 4.90. The fourth-order valence-electron chi connectivity index (χ4n) is 3.27. The van der Waals surface area contributed by atoms with Crippen LogP contribution in [0.25, 0.3) is 0 Å². The number of aliphatic carboxylic acids is 1. The number of carboxylic acid groups (broad SMARTS) is 1. The minimum atomic E-state index is -0.830. The summed E-state index contributed by atoms with van der Waals surface area (Å²) in [6.45, 7) is 4.98. The molecule has 2 rings (SSSR count). The molecule has 0 bridgehead atoms. The maximum atomic E-state index is 12.6. The van der Waals surface area contributed by atoms with Gasteiger partial charge in [-0.1, -0.05) is 26.7 Å². The van der Waals surface area contributed by atoms with Gasteiger partial charge >= 0.3 is 12.0 Å². The van der Waals surface area contributed by atoms with E-state index in [9.17, 15) is 9.59 Å². The Morgan fingerprint density at radius 1 is 1.19 bits per heavy atom. The molecule has 2 fully saturated rings. The van der Waals surface area contributed by atoms with E-state index < -0.39 is 5.97 Å². The Morgan fingerprint density at radius 3 is 2.29 bits per heavy atom. The fraction of sp³-hybridized carbons (Fsp3) is 0.875. The van der Waals surface area contributed by atoms with Gasteiger partial charge in [0.1, 0.15) is 0 Å². The third-order valence-electron chi connectivity index (χ3n) is 4.48. The topological polar surface area (TPSA) is 69.6 Å². The van der Waals surface area contributed by atoms with Crippen molar-refractivity contribution in [3.05, 3.63) is 0 Å². The van der Waals surface area contributed by atoms with Gasteiger partial charge < -0.3 is 15.3 Å². The van der Waals surface area contributed by atoms with Crippen molar-refractivity contribution in [2.24, 2.45) is 11.8 Å². The molecule has 1 unspecified atom stereocenters. The van der Waals surface area contributed by atoms with Crippen molar-refractivity contribution in [1.29, 1.82) is 0 Å². The predicted molar refractivity (Wildman–Crippen MR) is 81.1 cm³/mol. The average Bonchev–Trinajstić information content (AvgIpc) is 3.10. The van der Waals surface area contributed by atoms with Crippen LogP contribution < -0.4 is 5.32 Å². The van der Waals surface area contributed by atoms with Crippen molar-refractivity contribution in [1.82, 2.24) is 10.2 Å². The first kappa shape index (κ1) is 16.1. The van der Waals surface area contributed by atoms with Gasteiger partial charge in [0, 0.05) is 18.6 Å². The second-order valence-corrected chi connectivity index (χ2v) is 6.98. The number of carboxylic acids is 1. The number of amides is 2. The molecule has 5 heteroatoms. The average molecular weight is 296 g/mol. The van der Waals surface area contributed by atoms with Crippen LogP contribution in [0.15, 0.2) is 0 Å². The molecular formula is C16H28N2O3. The molecule has 0 spiro atoms. The standard InChI is InChI=1S/C16H28N2O3/c1-11(2)10-18(13-5-3-4-6-13)16(21)17-14(9-15(19)20)12-7-8-12/h11-14H,3-10H2,1-2H3,(H,17,21)(H,19,20). The molecule has 2 N–H and O–H groups in total. The molecule has 2 saturated carbocycles. The number of carbonyl (C=O) groups excluding carboxylic acids is 1. The SMILES string of the molecule is CC(C)CN(C(=O)NC(CC(=O)O)C1CC1)C1CCCC1. The maximum absolute atomic E-state index is 12.6. The van der Waals surface area contributed by atoms with Gasteiger partial charge in [0.15, 0.2) is 0 Å². The largest absolute Gasteiger partial charge is 0.481 e. The first-order valence-electron chi connectivity index (χ1n) is 8.26. The van der Waals surface area contributed by atoms with E-state index in [1.54, 1.807) is 0 Å². The maximum Gasteiger partial charge on any atom is 0.317 e. The van der Waals surface area contributed by atoms with Crippen molar-refractivity contribution < 1.29 is 14.7 Å². The smallest absolute Gasteiger partial charge is 0.317 e. The molecular weight excluding hydrogens is 268 g/mol. The summed E-state index contributed by atoms with van der Waals surface area (Å²) in [5, 5.41) is 12.0. The fourth-order valence-corrected chi connectivity index (χ4v) is 3.27.